The van der Waals surface area contributed by atoms with Gasteiger partial charge >= 0.3 is 6.18 Å². The minimum absolute atomic E-state index is 0.0454. The molecule has 1 heterocycles. The van der Waals surface area contributed by atoms with E-state index >= 15 is 0 Å². The van der Waals surface area contributed by atoms with E-state index in [9.17, 15) is 26.7 Å². The Morgan fingerprint density at radius 2 is 1.75 bits per heavy atom. The van der Waals surface area contributed by atoms with Gasteiger partial charge in [0.2, 0.25) is 0 Å². The number of aromatic hydroxyl groups is 1. The van der Waals surface area contributed by atoms with Gasteiger partial charge in [0, 0.05) is 23.7 Å². The quantitative estimate of drug-likeness (QED) is 0.534. The molecule has 0 aliphatic heterocycles. The van der Waals surface area contributed by atoms with Crippen LogP contribution >= 0.6 is 0 Å². The number of rotatable bonds is 4. The number of amides is 1. The summed E-state index contributed by atoms with van der Waals surface area (Å²) in [6.07, 6.45) is 0.217. The van der Waals surface area contributed by atoms with Crippen LogP contribution in [0.1, 0.15) is 47.6 Å². The smallest absolute Gasteiger partial charge is 0.416 e. The number of carbonyl (C=O) groups is 1. The molecule has 1 amide bonds. The zero-order chi connectivity index (χ0) is 23.0. The predicted octanol–water partition coefficient (Wildman–Crippen LogP) is 5.20. The highest BCUT2D eigenvalue weighted by molar-refractivity contribution is 5.94. The van der Waals surface area contributed by atoms with Gasteiger partial charge in [0.1, 0.15) is 0 Å². The van der Waals surface area contributed by atoms with Crippen molar-refractivity contribution in [3.8, 4) is 5.75 Å². The number of alkyl halides is 3. The Labute approximate surface area is 179 Å². The first-order chi connectivity index (χ1) is 15.1. The first kappa shape index (κ1) is 22.0. The standard InChI is InChI=1S/C22H20F5N3O2/c23-17-8-13(9-18(24)20(17)31)21(32)28-10-12-1-4-16(5-2-12)30-11-14-7-15(22(25,26)27)3-6-19(14)29-30/h3,6-9,11-12,16,31H,1-2,4-5,10H2,(H,28,32). The predicted molar refractivity (Wildman–Crippen MR) is 106 cm³/mol. The van der Waals surface area contributed by atoms with E-state index in [0.717, 1.165) is 49.9 Å². The molecule has 0 radical (unpaired) electrons. The summed E-state index contributed by atoms with van der Waals surface area (Å²) in [6, 6.07) is 5.07. The summed E-state index contributed by atoms with van der Waals surface area (Å²) < 4.78 is 67.3. The number of phenols is 1. The third-order valence-corrected chi connectivity index (χ3v) is 5.87. The second kappa shape index (κ2) is 8.40. The molecule has 1 aliphatic carbocycles. The van der Waals surface area contributed by atoms with Crippen molar-refractivity contribution >= 4 is 16.8 Å². The van der Waals surface area contributed by atoms with Gasteiger partial charge in [-0.1, -0.05) is 0 Å². The number of halogens is 5. The SMILES string of the molecule is O=C(NCC1CCC(n2cc3cc(C(F)(F)F)ccc3n2)CC1)c1cc(F)c(O)c(F)c1. The maximum Gasteiger partial charge on any atom is 0.416 e. The van der Waals surface area contributed by atoms with E-state index in [1.54, 1.807) is 10.9 Å². The Balaban J connectivity index is 1.34. The normalized spacial score (nSPS) is 19.3. The topological polar surface area (TPSA) is 67.2 Å². The van der Waals surface area contributed by atoms with Crippen LogP contribution in [0, 0.1) is 17.6 Å². The monoisotopic (exact) mass is 453 g/mol. The molecule has 170 valence electrons. The molecule has 2 N–H and O–H groups in total. The van der Waals surface area contributed by atoms with Crippen LogP contribution in [-0.4, -0.2) is 27.3 Å². The van der Waals surface area contributed by atoms with Crippen molar-refractivity contribution in [3.63, 3.8) is 0 Å². The number of hydrogen-bond acceptors (Lipinski definition) is 3. The summed E-state index contributed by atoms with van der Waals surface area (Å²) in [5, 5.41) is 16.6. The van der Waals surface area contributed by atoms with E-state index < -0.39 is 35.0 Å². The number of phenolic OH excluding ortho intramolecular Hbond substituents is 1. The number of aromatic nitrogens is 2. The molecule has 1 saturated carbocycles. The van der Waals surface area contributed by atoms with E-state index in [4.69, 9.17) is 5.11 Å². The molecule has 0 bridgehead atoms. The Morgan fingerprint density at radius 3 is 2.38 bits per heavy atom. The Hall–Kier alpha value is -3.17. The molecule has 10 heteroatoms. The summed E-state index contributed by atoms with van der Waals surface area (Å²) >= 11 is 0. The third kappa shape index (κ3) is 4.53. The maximum atomic E-state index is 13.4. The summed E-state index contributed by atoms with van der Waals surface area (Å²) in [7, 11) is 0. The molecule has 1 fully saturated rings. The second-order valence-electron chi connectivity index (χ2n) is 8.05. The van der Waals surface area contributed by atoms with Crippen molar-refractivity contribution < 1.29 is 31.9 Å². The van der Waals surface area contributed by atoms with Gasteiger partial charge in [-0.3, -0.25) is 9.48 Å². The lowest BCUT2D eigenvalue weighted by Crippen LogP contribution is -2.31. The van der Waals surface area contributed by atoms with E-state index in [0.29, 0.717) is 17.4 Å². The van der Waals surface area contributed by atoms with Crippen LogP contribution in [0.5, 0.6) is 5.75 Å². The number of carbonyl (C=O) groups excluding carboxylic acids is 1. The molecule has 5 nitrogen and oxygen atoms in total. The highest BCUT2D eigenvalue weighted by Crippen LogP contribution is 2.34. The first-order valence-electron chi connectivity index (χ1n) is 10.1. The van der Waals surface area contributed by atoms with Crippen LogP contribution in [0.25, 0.3) is 10.9 Å². The van der Waals surface area contributed by atoms with Gasteiger partial charge in [-0.2, -0.15) is 18.3 Å². The Morgan fingerprint density at radius 1 is 1.09 bits per heavy atom. The van der Waals surface area contributed by atoms with Gasteiger partial charge in [-0.05, 0) is 61.9 Å². The minimum Gasteiger partial charge on any atom is -0.503 e. The van der Waals surface area contributed by atoms with Crippen molar-refractivity contribution in [2.24, 2.45) is 5.92 Å². The average Bonchev–Trinajstić information content (AvgIpc) is 3.18. The van der Waals surface area contributed by atoms with Gasteiger partial charge in [-0.25, -0.2) is 8.78 Å². The molecule has 3 aromatic rings. The fourth-order valence-electron chi connectivity index (χ4n) is 4.06. The maximum absolute atomic E-state index is 13.4. The van der Waals surface area contributed by atoms with Crippen molar-refractivity contribution in [2.75, 3.05) is 6.54 Å². The van der Waals surface area contributed by atoms with Crippen LogP contribution in [0.2, 0.25) is 0 Å². The van der Waals surface area contributed by atoms with Crippen LogP contribution in [0.15, 0.2) is 36.5 Å². The molecule has 32 heavy (non-hydrogen) atoms. The third-order valence-electron chi connectivity index (χ3n) is 5.87. The summed E-state index contributed by atoms with van der Waals surface area (Å²) in [5.41, 5.74) is -0.425. The number of nitrogens with zero attached hydrogens (tertiary/aromatic N) is 2. The second-order valence-corrected chi connectivity index (χ2v) is 8.05. The molecule has 0 atom stereocenters. The minimum atomic E-state index is -4.41. The van der Waals surface area contributed by atoms with Crippen molar-refractivity contribution in [3.05, 3.63) is 59.3 Å². The van der Waals surface area contributed by atoms with E-state index in [1.165, 1.54) is 6.07 Å². The lowest BCUT2D eigenvalue weighted by atomic mass is 9.86. The highest BCUT2D eigenvalue weighted by Gasteiger charge is 2.31. The van der Waals surface area contributed by atoms with E-state index in [2.05, 4.69) is 10.4 Å². The largest absolute Gasteiger partial charge is 0.503 e. The van der Waals surface area contributed by atoms with Gasteiger partial charge in [0.05, 0.1) is 17.1 Å². The molecule has 0 saturated heterocycles. The molecule has 1 aliphatic rings. The van der Waals surface area contributed by atoms with Gasteiger partial charge in [0.15, 0.2) is 17.4 Å². The summed E-state index contributed by atoms with van der Waals surface area (Å²) in [6.45, 7) is 0.325. The Kier molecular flexibility index (Phi) is 5.79. The number of nitrogens with one attached hydrogen (secondary N) is 1. The number of benzene rings is 2. The van der Waals surface area contributed by atoms with Crippen molar-refractivity contribution in [1.82, 2.24) is 15.1 Å². The zero-order valence-electron chi connectivity index (χ0n) is 16.8. The van der Waals surface area contributed by atoms with Crippen LogP contribution in [0.4, 0.5) is 22.0 Å². The fourth-order valence-corrected chi connectivity index (χ4v) is 4.06. The fraction of sp³-hybridized carbons (Fsp3) is 0.364. The van der Waals surface area contributed by atoms with Gasteiger partial charge in [0.25, 0.3) is 5.91 Å². The van der Waals surface area contributed by atoms with Crippen LogP contribution < -0.4 is 5.32 Å². The van der Waals surface area contributed by atoms with Gasteiger partial charge < -0.3 is 10.4 Å². The van der Waals surface area contributed by atoms with E-state index in [-0.39, 0.29) is 17.5 Å². The van der Waals surface area contributed by atoms with Crippen molar-refractivity contribution in [2.45, 2.75) is 37.9 Å². The summed E-state index contributed by atoms with van der Waals surface area (Å²) in [5.74, 6) is -4.01. The van der Waals surface area contributed by atoms with E-state index in [1.807, 2.05) is 0 Å². The highest BCUT2D eigenvalue weighted by atomic mass is 19.4. The van der Waals surface area contributed by atoms with Crippen LogP contribution in [0.3, 0.4) is 0 Å². The number of fused-ring (bicyclic) bond motifs is 1. The first-order valence-corrected chi connectivity index (χ1v) is 10.1. The van der Waals surface area contributed by atoms with Crippen LogP contribution in [-0.2, 0) is 6.18 Å². The molecule has 1 aromatic heterocycles. The Bertz CT molecular complexity index is 1130. The zero-order valence-corrected chi connectivity index (χ0v) is 16.8. The molecule has 0 unspecified atom stereocenters. The molecule has 2 aromatic carbocycles. The van der Waals surface area contributed by atoms with Gasteiger partial charge in [-0.15, -0.1) is 0 Å². The molecular formula is C22H20F5N3O2. The molecular weight excluding hydrogens is 433 g/mol. The molecule has 4 rings (SSSR count). The lowest BCUT2D eigenvalue weighted by Gasteiger charge is -2.28. The summed E-state index contributed by atoms with van der Waals surface area (Å²) in [4.78, 5) is 12.2. The van der Waals surface area contributed by atoms with Crippen molar-refractivity contribution in [1.29, 1.82) is 0 Å². The lowest BCUT2D eigenvalue weighted by molar-refractivity contribution is -0.137. The number of hydrogen-bond donors (Lipinski definition) is 2. The molecule has 0 spiro atoms. The average molecular weight is 453 g/mol.